The first kappa shape index (κ1) is 12.9. The van der Waals surface area contributed by atoms with Crippen molar-refractivity contribution in [1.29, 1.82) is 0 Å². The second-order valence-corrected chi connectivity index (χ2v) is 4.37. The molecule has 0 aliphatic heterocycles. The summed E-state index contributed by atoms with van der Waals surface area (Å²) in [5.41, 5.74) is 5.94. The second kappa shape index (κ2) is 5.41. The van der Waals surface area contributed by atoms with Crippen LogP contribution in [0.4, 0.5) is 0 Å². The summed E-state index contributed by atoms with van der Waals surface area (Å²) >= 11 is -2.46. The summed E-state index contributed by atoms with van der Waals surface area (Å²) in [7, 11) is 0. The normalized spacial score (nSPS) is 13.2. The lowest BCUT2D eigenvalue weighted by atomic mass is 9.95. The van der Waals surface area contributed by atoms with Crippen molar-refractivity contribution < 1.29 is 12.9 Å². The zero-order valence-corrected chi connectivity index (χ0v) is 10.3. The van der Waals surface area contributed by atoms with Gasteiger partial charge in [0.25, 0.3) is 0 Å². The van der Waals surface area contributed by atoms with Gasteiger partial charge in [-0.25, -0.2) is 4.18 Å². The van der Waals surface area contributed by atoms with E-state index >= 15 is 0 Å². The molecule has 2 aromatic carbocycles. The van der Waals surface area contributed by atoms with Crippen LogP contribution in [0.1, 0.15) is 11.1 Å². The van der Waals surface area contributed by atoms with Crippen molar-refractivity contribution >= 4 is 11.4 Å². The molecule has 0 radical (unpaired) electrons. The number of benzene rings is 2. The quantitative estimate of drug-likeness (QED) is 0.653. The first-order valence-electron chi connectivity index (χ1n) is 5.33. The minimum Gasteiger partial charge on any atom is -0.295 e. The Bertz CT molecular complexity index is 491. The van der Waals surface area contributed by atoms with Gasteiger partial charge in [-0.1, -0.05) is 60.7 Å². The third-order valence-electron chi connectivity index (χ3n) is 2.61. The Morgan fingerprint density at radius 3 is 1.67 bits per heavy atom. The van der Waals surface area contributed by atoms with E-state index in [1.54, 1.807) is 48.5 Å². The molecule has 0 saturated carbocycles. The van der Waals surface area contributed by atoms with Crippen LogP contribution in [-0.4, -0.2) is 8.76 Å². The SMILES string of the molecule is NC(OS(=O)O)(c1ccccc1)c1ccccc1. The summed E-state index contributed by atoms with van der Waals surface area (Å²) < 4.78 is 25.0. The second-order valence-electron chi connectivity index (χ2n) is 3.77. The van der Waals surface area contributed by atoms with Crippen LogP contribution in [0.5, 0.6) is 0 Å². The Balaban J connectivity index is 2.51. The van der Waals surface area contributed by atoms with Crippen LogP contribution in [0.3, 0.4) is 0 Å². The molecule has 3 N–H and O–H groups in total. The zero-order chi connectivity index (χ0) is 13.0. The summed E-state index contributed by atoms with van der Waals surface area (Å²) in [5.74, 6) is 0. The molecular weight excluding hydrogens is 250 g/mol. The molecule has 1 unspecified atom stereocenters. The largest absolute Gasteiger partial charge is 0.304 e. The summed E-state index contributed by atoms with van der Waals surface area (Å²) in [5, 5.41) is 0. The maximum absolute atomic E-state index is 11.0. The van der Waals surface area contributed by atoms with Gasteiger partial charge >= 0.3 is 11.4 Å². The van der Waals surface area contributed by atoms with Gasteiger partial charge in [-0.3, -0.25) is 10.3 Å². The van der Waals surface area contributed by atoms with Gasteiger partial charge in [0.05, 0.1) is 0 Å². The molecule has 2 aromatic rings. The highest BCUT2D eigenvalue weighted by atomic mass is 32.2. The standard InChI is InChI=1S/C13H13NO3S/c14-13(17-18(15)16,11-7-3-1-4-8-11)12-9-5-2-6-10-12/h1-10H,14H2,(H,15,16). The minimum atomic E-state index is -2.46. The van der Waals surface area contributed by atoms with Crippen LogP contribution in [0, 0.1) is 0 Å². The van der Waals surface area contributed by atoms with Crippen LogP contribution in [0.25, 0.3) is 0 Å². The fraction of sp³-hybridized carbons (Fsp3) is 0.0769. The fourth-order valence-electron chi connectivity index (χ4n) is 1.75. The van der Waals surface area contributed by atoms with Crippen molar-refractivity contribution in [1.82, 2.24) is 0 Å². The lowest BCUT2D eigenvalue weighted by Crippen LogP contribution is -2.41. The van der Waals surface area contributed by atoms with Crippen LogP contribution in [0.2, 0.25) is 0 Å². The van der Waals surface area contributed by atoms with E-state index in [0.717, 1.165) is 0 Å². The summed E-state index contributed by atoms with van der Waals surface area (Å²) in [6.07, 6.45) is 0. The average Bonchev–Trinajstić information content (AvgIpc) is 2.40. The van der Waals surface area contributed by atoms with E-state index in [9.17, 15) is 4.21 Å². The third kappa shape index (κ3) is 2.65. The molecule has 0 aromatic heterocycles. The molecule has 18 heavy (non-hydrogen) atoms. The van der Waals surface area contributed by atoms with Gasteiger partial charge in [0.1, 0.15) is 0 Å². The predicted octanol–water partition coefficient (Wildman–Crippen LogP) is 2.00. The number of hydrogen-bond acceptors (Lipinski definition) is 3. The first-order chi connectivity index (χ1) is 8.63. The molecule has 0 fully saturated rings. The highest BCUT2D eigenvalue weighted by Gasteiger charge is 2.33. The van der Waals surface area contributed by atoms with E-state index in [1.165, 1.54) is 0 Å². The van der Waals surface area contributed by atoms with E-state index in [0.29, 0.717) is 11.1 Å². The molecule has 0 amide bonds. The molecule has 94 valence electrons. The van der Waals surface area contributed by atoms with Crippen LogP contribution >= 0.6 is 0 Å². The van der Waals surface area contributed by atoms with Crippen molar-refractivity contribution in [3.8, 4) is 0 Å². The van der Waals surface area contributed by atoms with Gasteiger partial charge in [0.15, 0.2) is 5.72 Å². The average molecular weight is 263 g/mol. The van der Waals surface area contributed by atoms with Crippen LogP contribution < -0.4 is 5.73 Å². The van der Waals surface area contributed by atoms with Crippen molar-refractivity contribution in [2.75, 3.05) is 0 Å². The minimum absolute atomic E-state index is 0.610. The zero-order valence-electron chi connectivity index (χ0n) is 9.52. The molecule has 0 saturated heterocycles. The highest BCUT2D eigenvalue weighted by Crippen LogP contribution is 2.28. The number of rotatable bonds is 4. The van der Waals surface area contributed by atoms with E-state index < -0.39 is 17.1 Å². The summed E-state index contributed by atoms with van der Waals surface area (Å²) in [6, 6.07) is 17.9. The highest BCUT2D eigenvalue weighted by molar-refractivity contribution is 7.74. The predicted molar refractivity (Wildman–Crippen MR) is 69.7 cm³/mol. The molecule has 1 atom stereocenters. The maximum Gasteiger partial charge on any atom is 0.304 e. The molecule has 4 nitrogen and oxygen atoms in total. The van der Waals surface area contributed by atoms with Crippen LogP contribution in [0.15, 0.2) is 60.7 Å². The van der Waals surface area contributed by atoms with Gasteiger partial charge < -0.3 is 0 Å². The van der Waals surface area contributed by atoms with Gasteiger partial charge in [-0.2, -0.15) is 4.21 Å². The molecule has 0 bridgehead atoms. The Hall–Kier alpha value is -1.53. The third-order valence-corrected chi connectivity index (χ3v) is 3.01. The van der Waals surface area contributed by atoms with Crippen LogP contribution in [-0.2, 0) is 21.3 Å². The molecule has 2 rings (SSSR count). The number of hydrogen-bond donors (Lipinski definition) is 2. The van der Waals surface area contributed by atoms with Gasteiger partial charge in [-0.05, 0) is 0 Å². The maximum atomic E-state index is 11.0. The van der Waals surface area contributed by atoms with E-state index in [2.05, 4.69) is 0 Å². The van der Waals surface area contributed by atoms with Gasteiger partial charge in [-0.15, -0.1) is 0 Å². The Labute approximate surface area is 108 Å². The topological polar surface area (TPSA) is 72.5 Å². The number of nitrogens with two attached hydrogens (primary N) is 1. The van der Waals surface area contributed by atoms with E-state index in [4.69, 9.17) is 14.5 Å². The summed E-state index contributed by atoms with van der Waals surface area (Å²) in [6.45, 7) is 0. The Morgan fingerprint density at radius 2 is 1.33 bits per heavy atom. The van der Waals surface area contributed by atoms with E-state index in [-0.39, 0.29) is 0 Å². The monoisotopic (exact) mass is 263 g/mol. The lowest BCUT2D eigenvalue weighted by Gasteiger charge is -2.28. The van der Waals surface area contributed by atoms with E-state index in [1.807, 2.05) is 12.1 Å². The Morgan fingerprint density at radius 1 is 0.944 bits per heavy atom. The van der Waals surface area contributed by atoms with Gasteiger partial charge in [0.2, 0.25) is 0 Å². The molecule has 0 heterocycles. The van der Waals surface area contributed by atoms with Gasteiger partial charge in [0, 0.05) is 11.1 Å². The fourth-order valence-corrected chi connectivity index (χ4v) is 2.16. The molecule has 0 spiro atoms. The van der Waals surface area contributed by atoms with Crippen molar-refractivity contribution in [2.24, 2.45) is 5.73 Å². The van der Waals surface area contributed by atoms with Crippen molar-refractivity contribution in [2.45, 2.75) is 5.72 Å². The molecular formula is C13H13NO3S. The molecule has 0 aliphatic carbocycles. The van der Waals surface area contributed by atoms with Crippen molar-refractivity contribution in [3.63, 3.8) is 0 Å². The first-order valence-corrected chi connectivity index (χ1v) is 6.36. The smallest absolute Gasteiger partial charge is 0.295 e. The lowest BCUT2D eigenvalue weighted by molar-refractivity contribution is 0.123. The van der Waals surface area contributed by atoms with Crippen molar-refractivity contribution in [3.05, 3.63) is 71.8 Å². The Kier molecular flexibility index (Phi) is 3.88. The molecule has 5 heteroatoms. The summed E-state index contributed by atoms with van der Waals surface area (Å²) in [4.78, 5) is 0. The molecule has 0 aliphatic rings.